The van der Waals surface area contributed by atoms with Crippen LogP contribution in [0, 0.1) is 0 Å². The molecule has 0 bridgehead atoms. The third-order valence-corrected chi connectivity index (χ3v) is 4.45. The molecule has 0 aliphatic heterocycles. The molecule has 3 rings (SSSR count). The number of methoxy groups -OCH3 is 1. The number of anilines is 2. The Bertz CT molecular complexity index is 932. The Morgan fingerprint density at radius 2 is 2.12 bits per heavy atom. The zero-order valence-corrected chi connectivity index (χ0v) is 14.6. The Balaban J connectivity index is 1.98. The van der Waals surface area contributed by atoms with E-state index in [1.165, 1.54) is 4.68 Å². The van der Waals surface area contributed by atoms with E-state index in [-0.39, 0.29) is 10.6 Å². The number of aryl methyl sites for hydroxylation is 1. The predicted molar refractivity (Wildman–Crippen MR) is 96.4 cm³/mol. The molecule has 0 aliphatic carbocycles. The molecule has 0 N–H and O–H groups in total. The Morgan fingerprint density at radius 3 is 2.88 bits per heavy atom. The van der Waals surface area contributed by atoms with Gasteiger partial charge in [0.15, 0.2) is 0 Å². The van der Waals surface area contributed by atoms with Gasteiger partial charge in [-0.2, -0.15) is 5.10 Å². The zero-order chi connectivity index (χ0) is 17.3. The maximum Gasteiger partial charge on any atom is 0.287 e. The van der Waals surface area contributed by atoms with Crippen LogP contribution in [0.2, 0.25) is 5.02 Å². The first kappa shape index (κ1) is 16.5. The molecule has 126 valence electrons. The van der Waals surface area contributed by atoms with Crippen LogP contribution < -0.4 is 10.5 Å². The number of ether oxygens (including phenoxy) is 1. The highest BCUT2D eigenvalue weighted by molar-refractivity contribution is 6.33. The topological polar surface area (TPSA) is 52.3 Å². The lowest BCUT2D eigenvalue weighted by Gasteiger charge is -2.20. The van der Waals surface area contributed by atoms with Crippen LogP contribution in [-0.2, 0) is 18.3 Å². The summed E-state index contributed by atoms with van der Waals surface area (Å²) in [5.74, 6) is 0. The summed E-state index contributed by atoms with van der Waals surface area (Å²) in [6.45, 7) is 1.47. The number of benzene rings is 1. The molecular formula is C17H19ClN4O2. The number of fused-ring (bicyclic) bond motifs is 1. The Hall–Kier alpha value is -2.31. The normalized spacial score (nSPS) is 11.2. The van der Waals surface area contributed by atoms with E-state index in [0.717, 1.165) is 23.1 Å². The van der Waals surface area contributed by atoms with Gasteiger partial charge in [-0.25, -0.2) is 4.68 Å². The molecule has 0 amide bonds. The summed E-state index contributed by atoms with van der Waals surface area (Å²) in [5.41, 5.74) is 2.34. The van der Waals surface area contributed by atoms with Gasteiger partial charge in [-0.1, -0.05) is 11.6 Å². The lowest BCUT2D eigenvalue weighted by Crippen LogP contribution is -2.23. The minimum atomic E-state index is -0.312. The highest BCUT2D eigenvalue weighted by atomic mass is 35.5. The molecule has 2 aromatic heterocycles. The minimum Gasteiger partial charge on any atom is -0.383 e. The van der Waals surface area contributed by atoms with Crippen LogP contribution in [0.3, 0.4) is 0 Å². The van der Waals surface area contributed by atoms with E-state index in [9.17, 15) is 4.79 Å². The van der Waals surface area contributed by atoms with Gasteiger partial charge in [-0.3, -0.25) is 4.79 Å². The van der Waals surface area contributed by atoms with Crippen LogP contribution in [0.1, 0.15) is 0 Å². The quantitative estimate of drug-likeness (QED) is 0.713. The van der Waals surface area contributed by atoms with Crippen molar-refractivity contribution in [3.8, 4) is 0 Å². The first-order chi connectivity index (χ1) is 11.5. The van der Waals surface area contributed by atoms with Crippen LogP contribution in [0.15, 0.2) is 41.5 Å². The van der Waals surface area contributed by atoms with Gasteiger partial charge in [-0.05, 0) is 24.3 Å². The number of nitrogens with zero attached hydrogens (tertiary/aromatic N) is 4. The molecule has 0 aliphatic rings. The average molecular weight is 347 g/mol. The third kappa shape index (κ3) is 2.90. The van der Waals surface area contributed by atoms with E-state index in [2.05, 4.69) is 27.9 Å². The van der Waals surface area contributed by atoms with E-state index in [1.54, 1.807) is 20.4 Å². The molecule has 0 spiro atoms. The number of halogens is 1. The first-order valence-corrected chi connectivity index (χ1v) is 7.94. The number of rotatable bonds is 5. The van der Waals surface area contributed by atoms with Crippen molar-refractivity contribution in [1.82, 2.24) is 14.3 Å². The standard InChI is InChI=1S/C17H19ClN4O2/c1-20(15-11-19-21(2)17(23)16(15)18)13-4-5-14-12(10-13)6-7-22(14)8-9-24-3/h4-7,10-11H,8-9H2,1-3H3. The second kappa shape index (κ2) is 6.67. The summed E-state index contributed by atoms with van der Waals surface area (Å²) in [6, 6.07) is 8.18. The molecule has 0 atom stereocenters. The first-order valence-electron chi connectivity index (χ1n) is 7.56. The summed E-state index contributed by atoms with van der Waals surface area (Å²) in [4.78, 5) is 13.8. The second-order valence-corrected chi connectivity index (χ2v) is 5.95. The Morgan fingerprint density at radius 1 is 1.33 bits per heavy atom. The van der Waals surface area contributed by atoms with Gasteiger partial charge in [-0.15, -0.1) is 0 Å². The monoisotopic (exact) mass is 346 g/mol. The van der Waals surface area contributed by atoms with Crippen molar-refractivity contribution in [2.24, 2.45) is 7.05 Å². The molecule has 0 fully saturated rings. The van der Waals surface area contributed by atoms with Crippen LogP contribution in [0.25, 0.3) is 10.9 Å². The molecule has 2 heterocycles. The summed E-state index contributed by atoms with van der Waals surface area (Å²) in [5, 5.41) is 5.32. The van der Waals surface area contributed by atoms with Gasteiger partial charge in [0.2, 0.25) is 0 Å². The Kier molecular flexibility index (Phi) is 4.59. The molecule has 6 nitrogen and oxygen atoms in total. The van der Waals surface area contributed by atoms with Crippen molar-refractivity contribution in [1.29, 1.82) is 0 Å². The highest BCUT2D eigenvalue weighted by Crippen LogP contribution is 2.30. The number of hydrogen-bond acceptors (Lipinski definition) is 4. The van der Waals surface area contributed by atoms with E-state index in [0.29, 0.717) is 12.3 Å². The summed E-state index contributed by atoms with van der Waals surface area (Å²) in [6.07, 6.45) is 3.64. The van der Waals surface area contributed by atoms with Crippen LogP contribution in [0.5, 0.6) is 0 Å². The lowest BCUT2D eigenvalue weighted by atomic mass is 10.2. The van der Waals surface area contributed by atoms with E-state index in [4.69, 9.17) is 16.3 Å². The van der Waals surface area contributed by atoms with Crippen molar-refractivity contribution in [2.75, 3.05) is 25.7 Å². The van der Waals surface area contributed by atoms with E-state index >= 15 is 0 Å². The van der Waals surface area contributed by atoms with Crippen molar-refractivity contribution >= 4 is 33.9 Å². The maximum atomic E-state index is 12.0. The largest absolute Gasteiger partial charge is 0.383 e. The van der Waals surface area contributed by atoms with Crippen LogP contribution in [0.4, 0.5) is 11.4 Å². The average Bonchev–Trinajstić information content (AvgIpc) is 2.99. The fourth-order valence-corrected chi connectivity index (χ4v) is 2.95. The van der Waals surface area contributed by atoms with Crippen molar-refractivity contribution in [3.63, 3.8) is 0 Å². The molecule has 0 radical (unpaired) electrons. The van der Waals surface area contributed by atoms with Crippen LogP contribution >= 0.6 is 11.6 Å². The SMILES string of the molecule is COCCn1ccc2cc(N(C)c3cnn(C)c(=O)c3Cl)ccc21. The minimum absolute atomic E-state index is 0.160. The van der Waals surface area contributed by atoms with Gasteiger partial charge >= 0.3 is 0 Å². The molecular weight excluding hydrogens is 328 g/mol. The summed E-state index contributed by atoms with van der Waals surface area (Å²) < 4.78 is 8.50. The van der Waals surface area contributed by atoms with Gasteiger partial charge in [0.1, 0.15) is 5.02 Å². The number of aromatic nitrogens is 3. The molecule has 3 aromatic rings. The van der Waals surface area contributed by atoms with Gasteiger partial charge in [0.25, 0.3) is 5.56 Å². The second-order valence-electron chi connectivity index (χ2n) is 5.58. The van der Waals surface area contributed by atoms with Gasteiger partial charge in [0, 0.05) is 50.5 Å². The summed E-state index contributed by atoms with van der Waals surface area (Å²) in [7, 11) is 5.14. The molecule has 0 saturated carbocycles. The molecule has 7 heteroatoms. The third-order valence-electron chi connectivity index (χ3n) is 4.10. The van der Waals surface area contributed by atoms with E-state index < -0.39 is 0 Å². The van der Waals surface area contributed by atoms with Gasteiger partial charge in [0.05, 0.1) is 18.5 Å². The van der Waals surface area contributed by atoms with E-state index in [1.807, 2.05) is 24.2 Å². The molecule has 1 aromatic carbocycles. The Labute approximate surface area is 144 Å². The highest BCUT2D eigenvalue weighted by Gasteiger charge is 2.14. The smallest absolute Gasteiger partial charge is 0.287 e. The lowest BCUT2D eigenvalue weighted by molar-refractivity contribution is 0.188. The fourth-order valence-electron chi connectivity index (χ4n) is 2.66. The molecule has 0 unspecified atom stereocenters. The van der Waals surface area contributed by atoms with Crippen LogP contribution in [-0.4, -0.2) is 35.1 Å². The fraction of sp³-hybridized carbons (Fsp3) is 0.294. The van der Waals surface area contributed by atoms with Gasteiger partial charge < -0.3 is 14.2 Å². The zero-order valence-electron chi connectivity index (χ0n) is 13.9. The van der Waals surface area contributed by atoms with Crippen molar-refractivity contribution in [2.45, 2.75) is 6.54 Å². The number of hydrogen-bond donors (Lipinski definition) is 0. The molecule has 24 heavy (non-hydrogen) atoms. The van der Waals surface area contributed by atoms with Crippen molar-refractivity contribution in [3.05, 3.63) is 52.0 Å². The maximum absolute atomic E-state index is 12.0. The predicted octanol–water partition coefficient (Wildman–Crippen LogP) is 2.80. The molecule has 0 saturated heterocycles. The summed E-state index contributed by atoms with van der Waals surface area (Å²) >= 11 is 6.19. The van der Waals surface area contributed by atoms with Crippen molar-refractivity contribution < 1.29 is 4.74 Å².